The van der Waals surface area contributed by atoms with Gasteiger partial charge in [0.2, 0.25) is 0 Å². The van der Waals surface area contributed by atoms with Crippen LogP contribution in [0.1, 0.15) is 88.5 Å². The molecule has 0 aromatic heterocycles. The van der Waals surface area contributed by atoms with Crippen LogP contribution in [0.4, 0.5) is 0 Å². The number of carbonyl (C=O) groups excluding carboxylic acids is 1. The molecule has 1 fully saturated rings. The second-order valence-electron chi connectivity index (χ2n) is 12.5. The van der Waals surface area contributed by atoms with Crippen molar-refractivity contribution in [3.63, 3.8) is 0 Å². The Balaban J connectivity index is 2.16. The number of nitrogens with zero attached hydrogens (tertiary/aromatic N) is 1. The van der Waals surface area contributed by atoms with Crippen molar-refractivity contribution >= 4 is 5.97 Å². The summed E-state index contributed by atoms with van der Waals surface area (Å²) in [6.07, 6.45) is 7.08. The van der Waals surface area contributed by atoms with Crippen LogP contribution >= 0.6 is 0 Å². The Morgan fingerprint density at radius 2 is 1.58 bits per heavy atom. The highest BCUT2D eigenvalue weighted by atomic mass is 16.5. The third-order valence-corrected chi connectivity index (χ3v) is 6.44. The van der Waals surface area contributed by atoms with E-state index in [0.717, 1.165) is 11.1 Å². The molecule has 176 valence electrons. The number of hydrogen-bond donors (Lipinski definition) is 2. The molecule has 0 spiro atoms. The van der Waals surface area contributed by atoms with Crippen molar-refractivity contribution in [3.8, 4) is 0 Å². The van der Waals surface area contributed by atoms with Crippen LogP contribution in [0.25, 0.3) is 0 Å². The van der Waals surface area contributed by atoms with E-state index >= 15 is 0 Å². The van der Waals surface area contributed by atoms with Crippen LogP contribution in [0.5, 0.6) is 0 Å². The number of ether oxygens (including phenoxy) is 1. The second kappa shape index (κ2) is 8.40. The molecule has 0 amide bonds. The Morgan fingerprint density at radius 1 is 1.06 bits per heavy atom. The smallest absolute Gasteiger partial charge is 0.330 e. The topological polar surface area (TPSA) is 70.0 Å². The first kappa shape index (κ1) is 25.7. The zero-order chi connectivity index (χ0) is 24.0. The molecular weight excluding hydrogens is 390 g/mol. The van der Waals surface area contributed by atoms with Crippen LogP contribution < -0.4 is 0 Å². The molecule has 31 heavy (non-hydrogen) atoms. The third kappa shape index (κ3) is 6.01. The van der Waals surface area contributed by atoms with Crippen LogP contribution in [-0.2, 0) is 9.53 Å². The van der Waals surface area contributed by atoms with Crippen molar-refractivity contribution in [2.45, 2.75) is 106 Å². The molecule has 0 saturated carbocycles. The maximum Gasteiger partial charge on any atom is 0.330 e. The van der Waals surface area contributed by atoms with Crippen LogP contribution in [0.2, 0.25) is 0 Å². The molecule has 1 atom stereocenters. The minimum atomic E-state index is -0.464. The minimum Gasteiger partial charge on any atom is -0.508 e. The largest absolute Gasteiger partial charge is 0.508 e. The Bertz CT molecular complexity index is 769. The highest BCUT2D eigenvalue weighted by Crippen LogP contribution is 2.44. The monoisotopic (exact) mass is 433 g/mol. The van der Waals surface area contributed by atoms with Gasteiger partial charge < -0.3 is 15.1 Å². The van der Waals surface area contributed by atoms with Gasteiger partial charge in [0.15, 0.2) is 0 Å². The molecule has 0 aromatic rings. The zero-order valence-electron chi connectivity index (χ0n) is 21.2. The first-order valence-corrected chi connectivity index (χ1v) is 11.4. The Kier molecular flexibility index (Phi) is 6.96. The van der Waals surface area contributed by atoms with E-state index in [1.165, 1.54) is 11.1 Å². The molecule has 0 aromatic carbocycles. The number of esters is 1. The first-order chi connectivity index (χ1) is 13.8. The van der Waals surface area contributed by atoms with Gasteiger partial charge in [0.05, 0.1) is 0 Å². The number of allylic oxidation sites excluding steroid dienone is 4. The number of hydrogen-bond acceptors (Lipinski definition) is 5. The summed E-state index contributed by atoms with van der Waals surface area (Å²) in [6.45, 7) is 20.4. The molecule has 5 heteroatoms. The van der Waals surface area contributed by atoms with Gasteiger partial charge >= 0.3 is 5.97 Å². The third-order valence-electron chi connectivity index (χ3n) is 6.44. The number of aliphatic hydroxyl groups excluding tert-OH is 1. The zero-order valence-corrected chi connectivity index (χ0v) is 21.2. The van der Waals surface area contributed by atoms with Gasteiger partial charge in [-0.1, -0.05) is 53.7 Å². The van der Waals surface area contributed by atoms with Crippen molar-refractivity contribution in [1.29, 1.82) is 0 Å². The molecule has 0 bridgehead atoms. The van der Waals surface area contributed by atoms with Gasteiger partial charge in [-0.2, -0.15) is 5.06 Å². The molecule has 1 heterocycles. The van der Waals surface area contributed by atoms with E-state index in [4.69, 9.17) is 4.74 Å². The van der Waals surface area contributed by atoms with E-state index < -0.39 is 11.1 Å². The van der Waals surface area contributed by atoms with Crippen LogP contribution in [-0.4, -0.2) is 38.5 Å². The fourth-order valence-corrected chi connectivity index (χ4v) is 4.90. The number of hydroxylamine groups is 2. The Hall–Kier alpha value is -1.59. The van der Waals surface area contributed by atoms with Crippen molar-refractivity contribution in [1.82, 2.24) is 5.06 Å². The van der Waals surface area contributed by atoms with Gasteiger partial charge in [0.1, 0.15) is 11.9 Å². The van der Waals surface area contributed by atoms with E-state index in [2.05, 4.69) is 47.6 Å². The van der Waals surface area contributed by atoms with Crippen molar-refractivity contribution in [2.75, 3.05) is 0 Å². The average Bonchev–Trinajstić information content (AvgIpc) is 2.56. The number of carbonyl (C=O) groups is 1. The van der Waals surface area contributed by atoms with E-state index in [0.29, 0.717) is 25.0 Å². The fourth-order valence-electron chi connectivity index (χ4n) is 4.90. The maximum atomic E-state index is 12.6. The minimum absolute atomic E-state index is 0.0269. The summed E-state index contributed by atoms with van der Waals surface area (Å²) in [7, 11) is 0. The van der Waals surface area contributed by atoms with Crippen molar-refractivity contribution in [2.24, 2.45) is 16.7 Å². The van der Waals surface area contributed by atoms with Crippen LogP contribution in [0.15, 0.2) is 35.1 Å². The van der Waals surface area contributed by atoms with Gasteiger partial charge in [-0.05, 0) is 62.0 Å². The predicted octanol–water partition coefficient (Wildman–Crippen LogP) is 6.35. The molecule has 2 rings (SSSR count). The van der Waals surface area contributed by atoms with E-state index in [9.17, 15) is 15.1 Å². The lowest BCUT2D eigenvalue weighted by Gasteiger charge is -2.50. The fraction of sp³-hybridized carbons (Fsp3) is 0.731. The van der Waals surface area contributed by atoms with Crippen molar-refractivity contribution < 1.29 is 19.8 Å². The molecule has 1 saturated heterocycles. The van der Waals surface area contributed by atoms with Gasteiger partial charge in [0, 0.05) is 30.0 Å². The molecule has 2 aliphatic rings. The van der Waals surface area contributed by atoms with Gasteiger partial charge in [0.25, 0.3) is 0 Å². The predicted molar refractivity (Wildman–Crippen MR) is 125 cm³/mol. The maximum absolute atomic E-state index is 12.6. The average molecular weight is 434 g/mol. The molecule has 1 aliphatic heterocycles. The molecular formula is C26H43NO4. The van der Waals surface area contributed by atoms with Crippen LogP contribution in [0.3, 0.4) is 0 Å². The SMILES string of the molecule is CC(C)(C)C1=CC(C=CC(=O)OC2CC(C)(C)N(O)C(C)(C)C2)CC(C(C)(C)C)=C1O. The summed E-state index contributed by atoms with van der Waals surface area (Å²) >= 11 is 0. The normalized spacial score (nSPS) is 25.6. The molecule has 1 aliphatic carbocycles. The molecule has 2 N–H and O–H groups in total. The van der Waals surface area contributed by atoms with E-state index in [-0.39, 0.29) is 28.8 Å². The summed E-state index contributed by atoms with van der Waals surface area (Å²) in [5, 5.41) is 22.7. The lowest BCUT2D eigenvalue weighted by molar-refractivity contribution is -0.259. The standard InChI is InChI=1S/C26H43NO4/c1-23(2,3)19-13-17(14-20(22(19)29)24(4,5)6)11-12-21(28)31-18-15-25(7,8)27(30)26(9,10)16-18/h11-13,17-18,29-30H,14-16H2,1-10H3. The van der Waals surface area contributed by atoms with E-state index in [1.807, 2.05) is 33.8 Å². The first-order valence-electron chi connectivity index (χ1n) is 11.4. The van der Waals surface area contributed by atoms with Crippen LogP contribution in [0, 0.1) is 16.7 Å². The lowest BCUT2D eigenvalue weighted by atomic mass is 9.71. The number of aliphatic hydroxyl groups is 1. The summed E-state index contributed by atoms with van der Waals surface area (Å²) in [4.78, 5) is 12.6. The van der Waals surface area contributed by atoms with Crippen molar-refractivity contribution in [3.05, 3.63) is 35.1 Å². The summed E-state index contributed by atoms with van der Waals surface area (Å²) in [6, 6.07) is 0. The highest BCUT2D eigenvalue weighted by molar-refractivity contribution is 5.82. The molecule has 5 nitrogen and oxygen atoms in total. The number of rotatable bonds is 3. The van der Waals surface area contributed by atoms with Gasteiger partial charge in [-0.15, -0.1) is 0 Å². The lowest BCUT2D eigenvalue weighted by Crippen LogP contribution is -2.60. The Morgan fingerprint density at radius 3 is 2.03 bits per heavy atom. The number of piperidine rings is 1. The van der Waals surface area contributed by atoms with Gasteiger partial charge in [-0.25, -0.2) is 4.79 Å². The van der Waals surface area contributed by atoms with E-state index in [1.54, 1.807) is 0 Å². The quantitative estimate of drug-likeness (QED) is 0.401. The summed E-state index contributed by atoms with van der Waals surface area (Å²) in [5.74, 6) is 0.0660. The second-order valence-corrected chi connectivity index (χ2v) is 12.5. The highest BCUT2D eigenvalue weighted by Gasteiger charge is 2.46. The summed E-state index contributed by atoms with van der Waals surface area (Å²) < 4.78 is 5.77. The Labute approximate surface area is 188 Å². The summed E-state index contributed by atoms with van der Waals surface area (Å²) in [5.41, 5.74) is 0.662. The molecule has 0 radical (unpaired) electrons. The molecule has 1 unspecified atom stereocenters. The van der Waals surface area contributed by atoms with Gasteiger partial charge in [-0.3, -0.25) is 0 Å².